The number of aliphatic hydroxyl groups excluding tert-OH is 1. The molecule has 0 aromatic carbocycles. The number of rotatable bonds is 5. The van der Waals surface area contributed by atoms with Crippen molar-refractivity contribution in [1.29, 1.82) is 0 Å². The van der Waals surface area contributed by atoms with Gasteiger partial charge in [-0.3, -0.25) is 9.80 Å². The summed E-state index contributed by atoms with van der Waals surface area (Å²) < 4.78 is 5.26. The van der Waals surface area contributed by atoms with Gasteiger partial charge in [0.2, 0.25) is 5.89 Å². The summed E-state index contributed by atoms with van der Waals surface area (Å²) in [6.07, 6.45) is 2.90. The first-order valence-corrected chi connectivity index (χ1v) is 10.4. The summed E-state index contributed by atoms with van der Waals surface area (Å²) in [5.41, 5.74) is 1.37. The highest BCUT2D eigenvalue weighted by Gasteiger charge is 2.37. The Bertz CT molecular complexity index is 723. The molecule has 0 saturated carbocycles. The summed E-state index contributed by atoms with van der Waals surface area (Å²) in [6.45, 7) is 8.84. The van der Waals surface area contributed by atoms with Crippen LogP contribution in [0.1, 0.15) is 35.0 Å². The van der Waals surface area contributed by atoms with Gasteiger partial charge in [0.1, 0.15) is 0 Å². The van der Waals surface area contributed by atoms with Gasteiger partial charge >= 0.3 is 0 Å². The van der Waals surface area contributed by atoms with E-state index in [0.717, 1.165) is 57.9 Å². The minimum Gasteiger partial charge on any atom is -0.390 e. The summed E-state index contributed by atoms with van der Waals surface area (Å²) in [4.78, 5) is 10.6. The lowest BCUT2D eigenvalue weighted by Crippen LogP contribution is -2.47. The van der Waals surface area contributed by atoms with E-state index in [2.05, 4.69) is 38.3 Å². The summed E-state index contributed by atoms with van der Waals surface area (Å²) in [5, 5.41) is 16.6. The molecular formula is C19H28N4O2S. The van der Waals surface area contributed by atoms with E-state index >= 15 is 0 Å². The smallest absolute Gasteiger partial charge is 0.226 e. The normalized spacial score (nSPS) is 26.0. The molecule has 1 N–H and O–H groups in total. The van der Waals surface area contributed by atoms with Crippen LogP contribution in [0.15, 0.2) is 16.0 Å². The van der Waals surface area contributed by atoms with Crippen LogP contribution >= 0.6 is 11.3 Å². The second-order valence-corrected chi connectivity index (χ2v) is 8.78. The number of hydrogen-bond donors (Lipinski definition) is 1. The number of β-amino-alcohol motifs (C(OH)–C–C–N with tert-alkyl or cyclic N) is 1. The first kappa shape index (κ1) is 18.1. The van der Waals surface area contributed by atoms with Gasteiger partial charge in [-0.2, -0.15) is 4.98 Å². The van der Waals surface area contributed by atoms with Crippen molar-refractivity contribution in [2.45, 2.75) is 51.8 Å². The number of thiophene rings is 1. The van der Waals surface area contributed by atoms with Gasteiger partial charge in [-0.15, -0.1) is 11.3 Å². The quantitative estimate of drug-likeness (QED) is 0.863. The topological polar surface area (TPSA) is 65.6 Å². The van der Waals surface area contributed by atoms with Gasteiger partial charge in [-0.05, 0) is 62.7 Å². The van der Waals surface area contributed by atoms with Crippen LogP contribution in [0.4, 0.5) is 0 Å². The van der Waals surface area contributed by atoms with Gasteiger partial charge in [0.05, 0.1) is 6.10 Å². The number of aliphatic hydroxyl groups is 1. The Labute approximate surface area is 158 Å². The van der Waals surface area contributed by atoms with Crippen molar-refractivity contribution in [3.8, 4) is 0 Å². The van der Waals surface area contributed by atoms with Gasteiger partial charge in [0.15, 0.2) is 5.82 Å². The molecule has 2 fully saturated rings. The van der Waals surface area contributed by atoms with Gasteiger partial charge in [-0.1, -0.05) is 5.16 Å². The predicted molar refractivity (Wildman–Crippen MR) is 101 cm³/mol. The highest BCUT2D eigenvalue weighted by molar-refractivity contribution is 7.10. The SMILES string of the molecule is Cc1noc(CC2CCN([C@H]3CN(Cc4sccc4C)C[C@@H]3O)CC2)n1. The first-order chi connectivity index (χ1) is 12.6. The minimum atomic E-state index is -0.245. The fourth-order valence-electron chi connectivity index (χ4n) is 4.26. The Morgan fingerprint density at radius 2 is 2.08 bits per heavy atom. The van der Waals surface area contributed by atoms with Crippen molar-refractivity contribution in [2.75, 3.05) is 26.2 Å². The van der Waals surface area contributed by atoms with E-state index in [4.69, 9.17) is 4.52 Å². The van der Waals surface area contributed by atoms with Crippen LogP contribution in [0.2, 0.25) is 0 Å². The van der Waals surface area contributed by atoms with Gasteiger partial charge in [0, 0.05) is 37.0 Å². The maximum Gasteiger partial charge on any atom is 0.226 e. The number of piperidine rings is 1. The monoisotopic (exact) mass is 376 g/mol. The molecule has 6 nitrogen and oxygen atoms in total. The molecule has 0 bridgehead atoms. The van der Waals surface area contributed by atoms with E-state index in [0.29, 0.717) is 11.7 Å². The molecule has 0 aliphatic carbocycles. The number of aromatic nitrogens is 2. The van der Waals surface area contributed by atoms with E-state index in [1.165, 1.54) is 10.4 Å². The third-order valence-electron chi connectivity index (χ3n) is 5.82. The fourth-order valence-corrected chi connectivity index (χ4v) is 5.21. The molecule has 4 rings (SSSR count). The standard InChI is InChI=1S/C19H28N4O2S/c1-13-5-8-26-18(13)12-22-10-16(17(24)11-22)23-6-3-15(4-7-23)9-19-20-14(2)21-25-19/h5,8,15-17,24H,3-4,6-7,9-12H2,1-2H3/t16-,17-/m0/s1. The van der Waals surface area contributed by atoms with Crippen LogP contribution in [0.5, 0.6) is 0 Å². The molecular weight excluding hydrogens is 348 g/mol. The summed E-state index contributed by atoms with van der Waals surface area (Å²) >= 11 is 1.82. The Balaban J connectivity index is 1.28. The number of nitrogens with zero attached hydrogens (tertiary/aromatic N) is 4. The maximum atomic E-state index is 10.6. The lowest BCUT2D eigenvalue weighted by Gasteiger charge is -2.36. The lowest BCUT2D eigenvalue weighted by atomic mass is 9.92. The predicted octanol–water partition coefficient (Wildman–Crippen LogP) is 2.25. The highest BCUT2D eigenvalue weighted by Crippen LogP contribution is 2.27. The summed E-state index contributed by atoms with van der Waals surface area (Å²) in [7, 11) is 0. The molecule has 0 amide bonds. The molecule has 26 heavy (non-hydrogen) atoms. The van der Waals surface area contributed by atoms with Crippen molar-refractivity contribution >= 4 is 11.3 Å². The van der Waals surface area contributed by atoms with Gasteiger partial charge in [0.25, 0.3) is 0 Å². The molecule has 2 aromatic heterocycles. The van der Waals surface area contributed by atoms with Crippen molar-refractivity contribution in [3.05, 3.63) is 33.6 Å². The first-order valence-electron chi connectivity index (χ1n) is 9.55. The zero-order valence-electron chi connectivity index (χ0n) is 15.6. The molecule has 0 spiro atoms. The van der Waals surface area contributed by atoms with E-state index in [-0.39, 0.29) is 12.1 Å². The fraction of sp³-hybridized carbons (Fsp3) is 0.684. The Hall–Kier alpha value is -1.28. The molecule has 2 saturated heterocycles. The van der Waals surface area contributed by atoms with Crippen LogP contribution in [-0.4, -0.2) is 63.4 Å². The number of aryl methyl sites for hydroxylation is 2. The van der Waals surface area contributed by atoms with E-state index in [9.17, 15) is 5.11 Å². The molecule has 0 unspecified atom stereocenters. The maximum absolute atomic E-state index is 10.6. The zero-order chi connectivity index (χ0) is 18.1. The summed E-state index contributed by atoms with van der Waals surface area (Å²) in [5.74, 6) is 2.08. The minimum absolute atomic E-state index is 0.245. The van der Waals surface area contributed by atoms with Crippen LogP contribution in [0.25, 0.3) is 0 Å². The van der Waals surface area contributed by atoms with Crippen LogP contribution < -0.4 is 0 Å². The van der Waals surface area contributed by atoms with E-state index in [1.807, 2.05) is 18.3 Å². The van der Waals surface area contributed by atoms with E-state index < -0.39 is 0 Å². The Kier molecular flexibility index (Phi) is 5.40. The molecule has 2 aliphatic rings. The lowest BCUT2D eigenvalue weighted by molar-refractivity contribution is 0.0577. The Morgan fingerprint density at radius 1 is 1.27 bits per heavy atom. The zero-order valence-corrected chi connectivity index (χ0v) is 16.4. The van der Waals surface area contributed by atoms with Crippen molar-refractivity contribution in [2.24, 2.45) is 5.92 Å². The van der Waals surface area contributed by atoms with Crippen molar-refractivity contribution < 1.29 is 9.63 Å². The largest absolute Gasteiger partial charge is 0.390 e. The highest BCUT2D eigenvalue weighted by atomic mass is 32.1. The molecule has 2 aromatic rings. The average Bonchev–Trinajstić information content (AvgIpc) is 3.31. The van der Waals surface area contributed by atoms with Gasteiger partial charge < -0.3 is 9.63 Å². The average molecular weight is 377 g/mol. The molecule has 2 atom stereocenters. The third kappa shape index (κ3) is 4.01. The van der Waals surface area contributed by atoms with Crippen LogP contribution in [0, 0.1) is 19.8 Å². The molecule has 4 heterocycles. The molecule has 0 radical (unpaired) electrons. The van der Waals surface area contributed by atoms with Crippen LogP contribution in [0.3, 0.4) is 0 Å². The molecule has 2 aliphatic heterocycles. The summed E-state index contributed by atoms with van der Waals surface area (Å²) in [6, 6.07) is 2.45. The number of likely N-dealkylation sites (tertiary alicyclic amines) is 2. The van der Waals surface area contributed by atoms with E-state index in [1.54, 1.807) is 0 Å². The van der Waals surface area contributed by atoms with Crippen LogP contribution in [-0.2, 0) is 13.0 Å². The second-order valence-electron chi connectivity index (χ2n) is 7.77. The Morgan fingerprint density at radius 3 is 2.73 bits per heavy atom. The number of hydrogen-bond acceptors (Lipinski definition) is 7. The third-order valence-corrected chi connectivity index (χ3v) is 6.83. The molecule has 7 heteroatoms. The van der Waals surface area contributed by atoms with Crippen molar-refractivity contribution in [3.63, 3.8) is 0 Å². The second kappa shape index (κ2) is 7.76. The van der Waals surface area contributed by atoms with Crippen molar-refractivity contribution in [1.82, 2.24) is 19.9 Å². The van der Waals surface area contributed by atoms with Gasteiger partial charge in [-0.25, -0.2) is 0 Å². The molecule has 142 valence electrons.